The van der Waals surface area contributed by atoms with E-state index in [9.17, 15) is 9.59 Å². The first-order valence-corrected chi connectivity index (χ1v) is 8.75. The Labute approximate surface area is 153 Å². The molecule has 0 radical (unpaired) electrons. The van der Waals surface area contributed by atoms with Gasteiger partial charge >= 0.3 is 0 Å². The molecule has 0 saturated carbocycles. The number of nitrogens with zero attached hydrogens (tertiary/aromatic N) is 3. The summed E-state index contributed by atoms with van der Waals surface area (Å²) in [5.74, 6) is -0.347. The van der Waals surface area contributed by atoms with Crippen molar-refractivity contribution in [1.82, 2.24) is 14.8 Å². The molecular weight excluding hydrogens is 328 g/mol. The molecule has 0 spiro atoms. The predicted molar refractivity (Wildman–Crippen MR) is 102 cm³/mol. The maximum absolute atomic E-state index is 12.7. The van der Waals surface area contributed by atoms with Gasteiger partial charge in [0.05, 0.1) is 11.1 Å². The molecule has 2 amide bonds. The Morgan fingerprint density at radius 2 is 1.65 bits per heavy atom. The molecule has 0 aliphatic carbocycles. The van der Waals surface area contributed by atoms with Crippen molar-refractivity contribution in [3.63, 3.8) is 0 Å². The standard InChI is InChI=1S/C20H24N4O2/c1-14-4-5-18(10-15(14)2)22-19(25)16-11-17(13-21-12-16)20(26)24-8-6-23(3)7-9-24/h4-5,10-13H,6-9H2,1-3H3,(H,22,25). The largest absolute Gasteiger partial charge is 0.336 e. The van der Waals surface area contributed by atoms with Gasteiger partial charge in [-0.2, -0.15) is 0 Å². The number of aryl methyl sites for hydroxylation is 2. The lowest BCUT2D eigenvalue weighted by molar-refractivity contribution is 0.0663. The topological polar surface area (TPSA) is 65.5 Å². The average molecular weight is 352 g/mol. The second kappa shape index (κ2) is 7.66. The van der Waals surface area contributed by atoms with E-state index in [1.165, 1.54) is 18.0 Å². The first-order valence-electron chi connectivity index (χ1n) is 8.75. The van der Waals surface area contributed by atoms with Gasteiger partial charge in [0.2, 0.25) is 0 Å². The summed E-state index contributed by atoms with van der Waals surface area (Å²) in [7, 11) is 2.04. The maximum Gasteiger partial charge on any atom is 0.257 e. The summed E-state index contributed by atoms with van der Waals surface area (Å²) in [6.07, 6.45) is 3.00. The number of pyridine rings is 1. The van der Waals surface area contributed by atoms with E-state index in [2.05, 4.69) is 15.2 Å². The van der Waals surface area contributed by atoms with E-state index < -0.39 is 0 Å². The Kier molecular flexibility index (Phi) is 5.32. The Balaban J connectivity index is 1.72. The van der Waals surface area contributed by atoms with E-state index in [1.54, 1.807) is 6.07 Å². The van der Waals surface area contributed by atoms with Gasteiger partial charge in [-0.15, -0.1) is 0 Å². The van der Waals surface area contributed by atoms with E-state index in [0.29, 0.717) is 24.2 Å². The SMILES string of the molecule is Cc1ccc(NC(=O)c2cncc(C(=O)N3CCN(C)CC3)c2)cc1C. The van der Waals surface area contributed by atoms with E-state index in [-0.39, 0.29) is 11.8 Å². The second-order valence-corrected chi connectivity index (χ2v) is 6.81. The number of hydrogen-bond donors (Lipinski definition) is 1. The zero-order valence-corrected chi connectivity index (χ0v) is 15.5. The fourth-order valence-electron chi connectivity index (χ4n) is 2.90. The molecule has 6 nitrogen and oxygen atoms in total. The molecule has 26 heavy (non-hydrogen) atoms. The minimum Gasteiger partial charge on any atom is -0.336 e. The number of nitrogens with one attached hydrogen (secondary N) is 1. The maximum atomic E-state index is 12.7. The normalized spacial score (nSPS) is 15.0. The number of hydrogen-bond acceptors (Lipinski definition) is 4. The van der Waals surface area contributed by atoms with Crippen molar-refractivity contribution >= 4 is 17.5 Å². The third-order valence-corrected chi connectivity index (χ3v) is 4.80. The summed E-state index contributed by atoms with van der Waals surface area (Å²) in [4.78, 5) is 33.3. The van der Waals surface area contributed by atoms with Gasteiger partial charge in [-0.05, 0) is 50.2 Å². The number of carbonyl (C=O) groups excluding carboxylic acids is 2. The Hall–Kier alpha value is -2.73. The zero-order valence-electron chi connectivity index (χ0n) is 15.5. The molecule has 1 N–H and O–H groups in total. The fourth-order valence-corrected chi connectivity index (χ4v) is 2.90. The molecule has 2 aromatic rings. The number of aromatic nitrogens is 1. The van der Waals surface area contributed by atoms with E-state index in [0.717, 1.165) is 24.3 Å². The van der Waals surface area contributed by atoms with Crippen LogP contribution < -0.4 is 5.32 Å². The third kappa shape index (κ3) is 4.08. The van der Waals surface area contributed by atoms with Crippen LogP contribution in [0.5, 0.6) is 0 Å². The van der Waals surface area contributed by atoms with Crippen LogP contribution in [0.25, 0.3) is 0 Å². The predicted octanol–water partition coefficient (Wildman–Crippen LogP) is 2.34. The molecular formula is C20H24N4O2. The number of likely N-dealkylation sites (N-methyl/N-ethyl adjacent to an activating group) is 1. The van der Waals surface area contributed by atoms with Crippen molar-refractivity contribution in [3.05, 3.63) is 58.9 Å². The molecule has 0 bridgehead atoms. The highest BCUT2D eigenvalue weighted by molar-refractivity contribution is 6.05. The quantitative estimate of drug-likeness (QED) is 0.921. The molecule has 1 aliphatic rings. The smallest absolute Gasteiger partial charge is 0.257 e. The number of amides is 2. The molecule has 1 aromatic heterocycles. The highest BCUT2D eigenvalue weighted by Crippen LogP contribution is 2.16. The Morgan fingerprint density at radius 3 is 2.35 bits per heavy atom. The van der Waals surface area contributed by atoms with Gasteiger partial charge in [-0.3, -0.25) is 14.6 Å². The van der Waals surface area contributed by atoms with Crippen molar-refractivity contribution in [2.45, 2.75) is 13.8 Å². The summed E-state index contributed by atoms with van der Waals surface area (Å²) < 4.78 is 0. The van der Waals surface area contributed by atoms with Crippen molar-refractivity contribution < 1.29 is 9.59 Å². The van der Waals surface area contributed by atoms with Crippen LogP contribution in [0.15, 0.2) is 36.7 Å². The van der Waals surface area contributed by atoms with Gasteiger partial charge in [0, 0.05) is 44.3 Å². The van der Waals surface area contributed by atoms with Crippen molar-refractivity contribution in [2.75, 3.05) is 38.5 Å². The van der Waals surface area contributed by atoms with Crippen LogP contribution in [0.4, 0.5) is 5.69 Å². The van der Waals surface area contributed by atoms with Crippen LogP contribution in [-0.4, -0.2) is 59.8 Å². The fraction of sp³-hybridized carbons (Fsp3) is 0.350. The molecule has 0 atom stereocenters. The van der Waals surface area contributed by atoms with Gasteiger partial charge in [-0.1, -0.05) is 6.07 Å². The second-order valence-electron chi connectivity index (χ2n) is 6.81. The molecule has 1 aliphatic heterocycles. The first-order chi connectivity index (χ1) is 12.4. The summed E-state index contributed by atoms with van der Waals surface area (Å²) in [5, 5.41) is 2.87. The van der Waals surface area contributed by atoms with Gasteiger partial charge in [0.1, 0.15) is 0 Å². The molecule has 2 heterocycles. The lowest BCUT2D eigenvalue weighted by atomic mass is 10.1. The van der Waals surface area contributed by atoms with Crippen LogP contribution in [0.2, 0.25) is 0 Å². The number of piperazine rings is 1. The molecule has 6 heteroatoms. The van der Waals surface area contributed by atoms with Gasteiger partial charge in [-0.25, -0.2) is 0 Å². The molecule has 1 aromatic carbocycles. The third-order valence-electron chi connectivity index (χ3n) is 4.80. The lowest BCUT2D eigenvalue weighted by Gasteiger charge is -2.32. The van der Waals surface area contributed by atoms with Crippen LogP contribution in [-0.2, 0) is 0 Å². The number of rotatable bonds is 3. The number of benzene rings is 1. The lowest BCUT2D eigenvalue weighted by Crippen LogP contribution is -2.47. The van der Waals surface area contributed by atoms with Crippen molar-refractivity contribution in [2.24, 2.45) is 0 Å². The number of carbonyl (C=O) groups is 2. The highest BCUT2D eigenvalue weighted by Gasteiger charge is 2.21. The van der Waals surface area contributed by atoms with Crippen molar-refractivity contribution in [3.8, 4) is 0 Å². The Morgan fingerprint density at radius 1 is 0.962 bits per heavy atom. The minimum atomic E-state index is -0.270. The summed E-state index contributed by atoms with van der Waals surface area (Å²) in [5.41, 5.74) is 3.84. The molecule has 1 fully saturated rings. The molecule has 3 rings (SSSR count). The van der Waals surface area contributed by atoms with E-state index >= 15 is 0 Å². The number of anilines is 1. The van der Waals surface area contributed by atoms with Crippen LogP contribution >= 0.6 is 0 Å². The van der Waals surface area contributed by atoms with Gasteiger partial charge in [0.15, 0.2) is 0 Å². The first kappa shape index (κ1) is 18.1. The molecule has 0 unspecified atom stereocenters. The van der Waals surface area contributed by atoms with E-state index in [1.807, 2.05) is 44.0 Å². The summed E-state index contributed by atoms with van der Waals surface area (Å²) >= 11 is 0. The van der Waals surface area contributed by atoms with Gasteiger partial charge in [0.25, 0.3) is 11.8 Å². The monoisotopic (exact) mass is 352 g/mol. The van der Waals surface area contributed by atoms with Crippen LogP contribution in [0.3, 0.4) is 0 Å². The van der Waals surface area contributed by atoms with Crippen LogP contribution in [0.1, 0.15) is 31.8 Å². The Bertz CT molecular complexity index is 826. The van der Waals surface area contributed by atoms with Crippen LogP contribution in [0, 0.1) is 13.8 Å². The van der Waals surface area contributed by atoms with Crippen molar-refractivity contribution in [1.29, 1.82) is 0 Å². The summed E-state index contributed by atoms with van der Waals surface area (Å²) in [6.45, 7) is 7.11. The minimum absolute atomic E-state index is 0.0774. The molecule has 1 saturated heterocycles. The average Bonchev–Trinajstić information content (AvgIpc) is 2.65. The highest BCUT2D eigenvalue weighted by atomic mass is 16.2. The summed E-state index contributed by atoms with van der Waals surface area (Å²) in [6, 6.07) is 7.38. The van der Waals surface area contributed by atoms with Gasteiger partial charge < -0.3 is 15.1 Å². The zero-order chi connectivity index (χ0) is 18.7. The van der Waals surface area contributed by atoms with E-state index in [4.69, 9.17) is 0 Å². The molecule has 136 valence electrons.